The molecule has 7 heteroatoms. The summed E-state index contributed by atoms with van der Waals surface area (Å²) in [5, 5.41) is 8.30. The lowest BCUT2D eigenvalue weighted by Crippen LogP contribution is -2.17. The molecule has 0 fully saturated rings. The molecule has 1 aliphatic heterocycles. The Morgan fingerprint density at radius 2 is 1.86 bits per heavy atom. The lowest BCUT2D eigenvalue weighted by molar-refractivity contribution is 0.0816. The third-order valence-corrected chi connectivity index (χ3v) is 5.42. The van der Waals surface area contributed by atoms with Gasteiger partial charge in [-0.2, -0.15) is 5.10 Å². The largest absolute Gasteiger partial charge is 0.337 e. The maximum absolute atomic E-state index is 14.7. The summed E-state index contributed by atoms with van der Waals surface area (Å²) in [7, 11) is 1.76. The van der Waals surface area contributed by atoms with Gasteiger partial charge in [0.1, 0.15) is 11.3 Å². The molecule has 0 aliphatic carbocycles. The number of hydrogen-bond donors (Lipinski definition) is 0. The smallest absolute Gasteiger partial charge is 0.254 e. The molecule has 0 atom stereocenters. The van der Waals surface area contributed by atoms with Crippen molar-refractivity contribution < 1.29 is 9.18 Å². The second kappa shape index (κ2) is 6.48. The van der Waals surface area contributed by atoms with Crippen molar-refractivity contribution in [1.82, 2.24) is 24.6 Å². The molecule has 29 heavy (non-hydrogen) atoms. The molecule has 0 radical (unpaired) electrons. The van der Waals surface area contributed by atoms with Crippen molar-refractivity contribution in [3.63, 3.8) is 0 Å². The molecule has 0 N–H and O–H groups in total. The lowest BCUT2D eigenvalue weighted by atomic mass is 9.96. The first-order valence-corrected chi connectivity index (χ1v) is 9.42. The van der Waals surface area contributed by atoms with Crippen molar-refractivity contribution in [3.8, 4) is 22.3 Å². The molecular formula is C22H18FN5O. The molecule has 0 saturated carbocycles. The second-order valence-electron chi connectivity index (χ2n) is 7.19. The Hall–Kier alpha value is -3.61. The first-order chi connectivity index (χ1) is 14.1. The number of aryl methyl sites for hydroxylation is 1. The molecule has 5 rings (SSSR count). The molecule has 4 aromatic rings. The van der Waals surface area contributed by atoms with Crippen molar-refractivity contribution in [3.05, 3.63) is 65.9 Å². The zero-order valence-corrected chi connectivity index (χ0v) is 16.1. The number of amides is 1. The zero-order chi connectivity index (χ0) is 20.1. The fourth-order valence-corrected chi connectivity index (χ4v) is 3.86. The molecule has 0 spiro atoms. The van der Waals surface area contributed by atoms with Crippen LogP contribution in [0.5, 0.6) is 0 Å². The van der Waals surface area contributed by atoms with Gasteiger partial charge in [-0.1, -0.05) is 12.1 Å². The average Bonchev–Trinajstić information content (AvgIpc) is 3.28. The summed E-state index contributed by atoms with van der Waals surface area (Å²) in [4.78, 5) is 18.3. The summed E-state index contributed by atoms with van der Waals surface area (Å²) in [6.45, 7) is 3.29. The lowest BCUT2D eigenvalue weighted by Gasteiger charge is -2.09. The van der Waals surface area contributed by atoms with E-state index in [1.54, 1.807) is 48.7 Å². The van der Waals surface area contributed by atoms with Gasteiger partial charge in [0, 0.05) is 36.8 Å². The minimum Gasteiger partial charge on any atom is -0.337 e. The van der Waals surface area contributed by atoms with Crippen LogP contribution in [0.2, 0.25) is 0 Å². The summed E-state index contributed by atoms with van der Waals surface area (Å²) in [5.74, 6) is -0.318. The number of carbonyl (C=O) groups is 1. The van der Waals surface area contributed by atoms with Crippen LogP contribution in [-0.2, 0) is 13.1 Å². The highest BCUT2D eigenvalue weighted by Gasteiger charge is 2.25. The van der Waals surface area contributed by atoms with Crippen molar-refractivity contribution in [1.29, 1.82) is 0 Å². The van der Waals surface area contributed by atoms with Gasteiger partial charge in [0.25, 0.3) is 5.91 Å². The van der Waals surface area contributed by atoms with Gasteiger partial charge in [0.05, 0.1) is 12.5 Å². The van der Waals surface area contributed by atoms with E-state index in [2.05, 4.69) is 15.2 Å². The van der Waals surface area contributed by atoms with Gasteiger partial charge in [0.15, 0.2) is 5.65 Å². The molecule has 0 unspecified atom stereocenters. The molecule has 2 aromatic heterocycles. The quantitative estimate of drug-likeness (QED) is 0.535. The van der Waals surface area contributed by atoms with Gasteiger partial charge in [0.2, 0.25) is 0 Å². The maximum atomic E-state index is 14.7. The van der Waals surface area contributed by atoms with Crippen LogP contribution in [0, 0.1) is 5.82 Å². The van der Waals surface area contributed by atoms with Crippen molar-refractivity contribution in [2.75, 3.05) is 7.05 Å². The van der Waals surface area contributed by atoms with Gasteiger partial charge >= 0.3 is 0 Å². The van der Waals surface area contributed by atoms with Gasteiger partial charge < -0.3 is 9.47 Å². The Morgan fingerprint density at radius 3 is 2.69 bits per heavy atom. The monoisotopic (exact) mass is 387 g/mol. The molecular weight excluding hydrogens is 369 g/mol. The highest BCUT2D eigenvalue weighted by atomic mass is 19.1. The number of imidazole rings is 1. The Morgan fingerprint density at radius 1 is 1.07 bits per heavy atom. The Kier molecular flexibility index (Phi) is 3.91. The molecule has 144 valence electrons. The van der Waals surface area contributed by atoms with E-state index in [1.807, 2.05) is 17.6 Å². The summed E-state index contributed by atoms with van der Waals surface area (Å²) < 4.78 is 16.6. The van der Waals surface area contributed by atoms with Crippen LogP contribution >= 0.6 is 0 Å². The van der Waals surface area contributed by atoms with Gasteiger partial charge in [-0.05, 0) is 47.9 Å². The zero-order valence-electron chi connectivity index (χ0n) is 16.1. The average molecular weight is 387 g/mol. The van der Waals surface area contributed by atoms with Gasteiger partial charge in [-0.25, -0.2) is 9.37 Å². The molecule has 1 aliphatic rings. The summed E-state index contributed by atoms with van der Waals surface area (Å²) in [5.41, 5.74) is 5.87. The van der Waals surface area contributed by atoms with Crippen LogP contribution in [0.3, 0.4) is 0 Å². The summed E-state index contributed by atoms with van der Waals surface area (Å²) in [6.07, 6.45) is 3.39. The standard InChI is InChI=1S/C22H18FN5O/c1-3-28-12-24-20-18(10-25-26-21(20)28)14-5-7-19(23)17(9-14)13-4-6-16-15(8-13)11-27(2)22(16)29/h4-10,12H,3,11H2,1-2H3. The molecule has 2 aromatic carbocycles. The minimum atomic E-state index is -0.316. The van der Waals surface area contributed by atoms with Crippen molar-refractivity contribution >= 4 is 17.1 Å². The Balaban J connectivity index is 1.64. The van der Waals surface area contributed by atoms with E-state index in [0.29, 0.717) is 23.3 Å². The Labute approximate surface area is 166 Å². The van der Waals surface area contributed by atoms with Crippen LogP contribution in [0.25, 0.3) is 33.4 Å². The first-order valence-electron chi connectivity index (χ1n) is 9.42. The van der Waals surface area contributed by atoms with Gasteiger partial charge in [-0.3, -0.25) is 4.79 Å². The van der Waals surface area contributed by atoms with E-state index >= 15 is 0 Å². The van der Waals surface area contributed by atoms with E-state index < -0.39 is 0 Å². The SMILES string of the molecule is CCn1cnc2c(-c3ccc(F)c(-c4ccc5c(c4)CN(C)C5=O)c3)cnnc21. The maximum Gasteiger partial charge on any atom is 0.254 e. The number of fused-ring (bicyclic) bond motifs is 2. The summed E-state index contributed by atoms with van der Waals surface area (Å²) >= 11 is 0. The van der Waals surface area contributed by atoms with E-state index in [1.165, 1.54) is 6.07 Å². The number of hydrogen-bond acceptors (Lipinski definition) is 4. The number of halogens is 1. The van der Waals surface area contributed by atoms with E-state index in [0.717, 1.165) is 34.3 Å². The molecule has 1 amide bonds. The fraction of sp³-hybridized carbons (Fsp3) is 0.182. The third kappa shape index (κ3) is 2.69. The van der Waals surface area contributed by atoms with Crippen molar-refractivity contribution in [2.45, 2.75) is 20.0 Å². The summed E-state index contributed by atoms with van der Waals surface area (Å²) in [6, 6.07) is 10.5. The van der Waals surface area contributed by atoms with Crippen LogP contribution in [0.4, 0.5) is 4.39 Å². The number of rotatable bonds is 3. The highest BCUT2D eigenvalue weighted by Crippen LogP contribution is 2.33. The van der Waals surface area contributed by atoms with E-state index in [9.17, 15) is 9.18 Å². The van der Waals surface area contributed by atoms with Crippen LogP contribution in [0.15, 0.2) is 48.9 Å². The number of benzene rings is 2. The number of carbonyl (C=O) groups excluding carboxylic acids is 1. The van der Waals surface area contributed by atoms with E-state index in [-0.39, 0.29) is 11.7 Å². The molecule has 0 bridgehead atoms. The van der Waals surface area contributed by atoms with E-state index in [4.69, 9.17) is 0 Å². The third-order valence-electron chi connectivity index (χ3n) is 5.42. The topological polar surface area (TPSA) is 63.9 Å². The van der Waals surface area contributed by atoms with Crippen LogP contribution in [0.1, 0.15) is 22.8 Å². The molecule has 0 saturated heterocycles. The van der Waals surface area contributed by atoms with Crippen LogP contribution in [-0.4, -0.2) is 37.6 Å². The predicted octanol–water partition coefficient (Wildman–Crippen LogP) is 3.90. The first kappa shape index (κ1) is 17.5. The number of nitrogens with zero attached hydrogens (tertiary/aromatic N) is 5. The normalized spacial score (nSPS) is 13.3. The minimum absolute atomic E-state index is 0.00228. The highest BCUT2D eigenvalue weighted by molar-refractivity contribution is 5.99. The Bertz CT molecular complexity index is 1280. The predicted molar refractivity (Wildman–Crippen MR) is 108 cm³/mol. The van der Waals surface area contributed by atoms with Gasteiger partial charge in [-0.15, -0.1) is 5.10 Å². The second-order valence-corrected chi connectivity index (χ2v) is 7.19. The van der Waals surface area contributed by atoms with Crippen molar-refractivity contribution in [2.24, 2.45) is 0 Å². The fourth-order valence-electron chi connectivity index (χ4n) is 3.86. The number of aromatic nitrogens is 4. The van der Waals surface area contributed by atoms with Crippen LogP contribution < -0.4 is 0 Å². The molecule has 6 nitrogen and oxygen atoms in total. The molecule has 3 heterocycles.